The van der Waals surface area contributed by atoms with Crippen LogP contribution in [0.15, 0.2) is 41.0 Å². The smallest absolute Gasteiger partial charge is 0.255 e. The third-order valence-electron chi connectivity index (χ3n) is 3.46. The molecule has 1 heterocycles. The summed E-state index contributed by atoms with van der Waals surface area (Å²) in [5, 5.41) is 5.31. The van der Waals surface area contributed by atoms with E-state index in [0.717, 1.165) is 5.56 Å². The Balaban J connectivity index is 1.75. The molecule has 0 atom stereocenters. The SMILES string of the molecule is COCCOc1cccc(CNC(=O)CNC(=O)c2ccoc2C)c1. The van der Waals surface area contributed by atoms with E-state index in [1.807, 2.05) is 24.3 Å². The number of amides is 2. The van der Waals surface area contributed by atoms with Gasteiger partial charge in [-0.2, -0.15) is 0 Å². The van der Waals surface area contributed by atoms with E-state index in [-0.39, 0.29) is 18.4 Å². The van der Waals surface area contributed by atoms with Crippen LogP contribution in [0.4, 0.5) is 0 Å². The number of ether oxygens (including phenoxy) is 2. The average Bonchev–Trinajstić information content (AvgIpc) is 3.04. The number of furan rings is 1. The van der Waals surface area contributed by atoms with Crippen molar-refractivity contribution < 1.29 is 23.5 Å². The maximum atomic E-state index is 11.9. The lowest BCUT2D eigenvalue weighted by atomic mass is 10.2. The van der Waals surface area contributed by atoms with Gasteiger partial charge in [0.2, 0.25) is 5.91 Å². The summed E-state index contributed by atoms with van der Waals surface area (Å²) in [5.74, 6) is 0.617. The zero-order valence-corrected chi connectivity index (χ0v) is 14.3. The maximum absolute atomic E-state index is 11.9. The molecule has 0 radical (unpaired) electrons. The van der Waals surface area contributed by atoms with E-state index in [0.29, 0.717) is 36.8 Å². The number of benzene rings is 1. The fourth-order valence-electron chi connectivity index (χ4n) is 2.13. The number of nitrogens with one attached hydrogen (secondary N) is 2. The lowest BCUT2D eigenvalue weighted by Gasteiger charge is -2.09. The van der Waals surface area contributed by atoms with Gasteiger partial charge >= 0.3 is 0 Å². The summed E-state index contributed by atoms with van der Waals surface area (Å²) in [6.07, 6.45) is 1.44. The Labute approximate surface area is 146 Å². The molecule has 0 unspecified atom stereocenters. The van der Waals surface area contributed by atoms with Gasteiger partial charge in [-0.25, -0.2) is 0 Å². The van der Waals surface area contributed by atoms with E-state index < -0.39 is 0 Å². The van der Waals surface area contributed by atoms with E-state index in [4.69, 9.17) is 13.9 Å². The molecular formula is C18H22N2O5. The van der Waals surface area contributed by atoms with Crippen LogP contribution < -0.4 is 15.4 Å². The van der Waals surface area contributed by atoms with Crippen LogP contribution in [0.1, 0.15) is 21.7 Å². The summed E-state index contributed by atoms with van der Waals surface area (Å²) >= 11 is 0. The zero-order valence-electron chi connectivity index (χ0n) is 14.3. The number of methoxy groups -OCH3 is 1. The van der Waals surface area contributed by atoms with Crippen LogP contribution in [-0.2, 0) is 16.1 Å². The lowest BCUT2D eigenvalue weighted by molar-refractivity contribution is -0.120. The third kappa shape index (κ3) is 5.96. The minimum Gasteiger partial charge on any atom is -0.491 e. The molecule has 0 fully saturated rings. The van der Waals surface area contributed by atoms with Crippen molar-refractivity contribution in [3.63, 3.8) is 0 Å². The molecule has 2 N–H and O–H groups in total. The predicted octanol–water partition coefficient (Wildman–Crippen LogP) is 1.66. The monoisotopic (exact) mass is 346 g/mol. The van der Waals surface area contributed by atoms with E-state index >= 15 is 0 Å². The third-order valence-corrected chi connectivity index (χ3v) is 3.46. The van der Waals surface area contributed by atoms with Crippen molar-refractivity contribution in [2.24, 2.45) is 0 Å². The number of hydrogen-bond acceptors (Lipinski definition) is 5. The van der Waals surface area contributed by atoms with Gasteiger partial charge in [0.15, 0.2) is 0 Å². The zero-order chi connectivity index (χ0) is 18.1. The molecule has 1 aromatic carbocycles. The first-order chi connectivity index (χ1) is 12.1. The van der Waals surface area contributed by atoms with Crippen molar-refractivity contribution in [3.05, 3.63) is 53.5 Å². The molecule has 0 saturated carbocycles. The number of aryl methyl sites for hydroxylation is 1. The van der Waals surface area contributed by atoms with Crippen LogP contribution in [0.25, 0.3) is 0 Å². The van der Waals surface area contributed by atoms with Gasteiger partial charge in [-0.3, -0.25) is 9.59 Å². The topological polar surface area (TPSA) is 89.8 Å². The summed E-state index contributed by atoms with van der Waals surface area (Å²) in [4.78, 5) is 23.8. The molecule has 134 valence electrons. The van der Waals surface area contributed by atoms with Gasteiger partial charge in [0, 0.05) is 13.7 Å². The molecule has 0 aliphatic heterocycles. The largest absolute Gasteiger partial charge is 0.491 e. The number of carbonyl (C=O) groups excluding carboxylic acids is 2. The predicted molar refractivity (Wildman–Crippen MR) is 91.4 cm³/mol. The lowest BCUT2D eigenvalue weighted by Crippen LogP contribution is -2.36. The highest BCUT2D eigenvalue weighted by Gasteiger charge is 2.12. The molecule has 0 aliphatic rings. The minimum atomic E-state index is -0.338. The summed E-state index contributed by atoms with van der Waals surface area (Å²) in [6.45, 7) is 2.91. The van der Waals surface area contributed by atoms with E-state index in [2.05, 4.69) is 10.6 Å². The van der Waals surface area contributed by atoms with Gasteiger partial charge < -0.3 is 24.5 Å². The fraction of sp³-hybridized carbons (Fsp3) is 0.333. The summed E-state index contributed by atoms with van der Waals surface area (Å²) in [7, 11) is 1.61. The normalized spacial score (nSPS) is 10.3. The Kier molecular flexibility index (Phi) is 7.03. The molecule has 0 spiro atoms. The Hall–Kier alpha value is -2.80. The number of carbonyl (C=O) groups is 2. The van der Waals surface area contributed by atoms with Gasteiger partial charge in [0.1, 0.15) is 18.1 Å². The van der Waals surface area contributed by atoms with Crippen LogP contribution in [0, 0.1) is 6.92 Å². The second-order valence-electron chi connectivity index (χ2n) is 5.34. The Morgan fingerprint density at radius 1 is 1.16 bits per heavy atom. The van der Waals surface area contributed by atoms with Crippen LogP contribution in [-0.4, -0.2) is 38.7 Å². The van der Waals surface area contributed by atoms with Gasteiger partial charge in [0.25, 0.3) is 5.91 Å². The molecule has 2 aromatic rings. The quantitative estimate of drug-likeness (QED) is 0.674. The van der Waals surface area contributed by atoms with Gasteiger partial charge in [0.05, 0.1) is 25.0 Å². The van der Waals surface area contributed by atoms with Crippen molar-refractivity contribution in [1.29, 1.82) is 0 Å². The van der Waals surface area contributed by atoms with Crippen molar-refractivity contribution in [2.75, 3.05) is 26.9 Å². The average molecular weight is 346 g/mol. The molecule has 0 bridgehead atoms. The molecule has 0 aliphatic carbocycles. The van der Waals surface area contributed by atoms with Crippen LogP contribution in [0.3, 0.4) is 0 Å². The molecular weight excluding hydrogens is 324 g/mol. The molecule has 2 rings (SSSR count). The molecule has 7 heteroatoms. The summed E-state index contributed by atoms with van der Waals surface area (Å²) in [5.41, 5.74) is 1.33. The first-order valence-corrected chi connectivity index (χ1v) is 7.90. The van der Waals surface area contributed by atoms with Crippen molar-refractivity contribution >= 4 is 11.8 Å². The van der Waals surface area contributed by atoms with Gasteiger partial charge in [-0.1, -0.05) is 12.1 Å². The standard InChI is InChI=1S/C18H22N2O5/c1-13-16(6-7-24-13)18(22)20-12-17(21)19-11-14-4-3-5-15(10-14)25-9-8-23-2/h3-7,10H,8-9,11-12H2,1-2H3,(H,19,21)(H,20,22). The molecule has 1 aromatic heterocycles. The van der Waals surface area contributed by atoms with E-state index in [1.54, 1.807) is 20.1 Å². The summed E-state index contributed by atoms with van der Waals surface area (Å²) in [6, 6.07) is 9.00. The highest BCUT2D eigenvalue weighted by Crippen LogP contribution is 2.13. The van der Waals surface area contributed by atoms with Crippen molar-refractivity contribution in [1.82, 2.24) is 10.6 Å². The van der Waals surface area contributed by atoms with Crippen LogP contribution in [0.5, 0.6) is 5.75 Å². The van der Waals surface area contributed by atoms with E-state index in [1.165, 1.54) is 6.26 Å². The first kappa shape index (κ1) is 18.5. The molecule has 0 saturated heterocycles. The Morgan fingerprint density at radius 2 is 2.00 bits per heavy atom. The van der Waals surface area contributed by atoms with Crippen molar-refractivity contribution in [2.45, 2.75) is 13.5 Å². The highest BCUT2D eigenvalue weighted by molar-refractivity contribution is 5.97. The molecule has 2 amide bonds. The van der Waals surface area contributed by atoms with E-state index in [9.17, 15) is 9.59 Å². The van der Waals surface area contributed by atoms with Crippen LogP contribution >= 0.6 is 0 Å². The van der Waals surface area contributed by atoms with Crippen molar-refractivity contribution in [3.8, 4) is 5.75 Å². The maximum Gasteiger partial charge on any atom is 0.255 e. The number of hydrogen-bond donors (Lipinski definition) is 2. The Bertz CT molecular complexity index is 711. The number of rotatable bonds is 9. The van der Waals surface area contributed by atoms with Gasteiger partial charge in [-0.15, -0.1) is 0 Å². The highest BCUT2D eigenvalue weighted by atomic mass is 16.5. The molecule has 7 nitrogen and oxygen atoms in total. The second kappa shape index (κ2) is 9.48. The minimum absolute atomic E-state index is 0.104. The second-order valence-corrected chi connectivity index (χ2v) is 5.34. The fourth-order valence-corrected chi connectivity index (χ4v) is 2.13. The van der Waals surface area contributed by atoms with Crippen LogP contribution in [0.2, 0.25) is 0 Å². The first-order valence-electron chi connectivity index (χ1n) is 7.90. The van der Waals surface area contributed by atoms with Gasteiger partial charge in [-0.05, 0) is 30.7 Å². The summed E-state index contributed by atoms with van der Waals surface area (Å²) < 4.78 is 15.5. The Morgan fingerprint density at radius 3 is 2.72 bits per heavy atom. The molecule has 25 heavy (non-hydrogen) atoms.